The Hall–Kier alpha value is -0.930. The molecule has 2 N–H and O–H groups in total. The van der Waals surface area contributed by atoms with Gasteiger partial charge in [0.2, 0.25) is 0 Å². The number of nitrogens with two attached hydrogens (primary N) is 1. The number of nitrogens with zero attached hydrogens (tertiary/aromatic N) is 1. The number of benzene rings is 1. The first kappa shape index (κ1) is 13.5. The molecule has 1 aliphatic rings. The summed E-state index contributed by atoms with van der Waals surface area (Å²) in [4.78, 5) is 3.06. The molecule has 3 heteroatoms. The lowest BCUT2D eigenvalue weighted by Gasteiger charge is -2.24. The number of hydrogen-bond acceptors (Lipinski definition) is 2. The Kier molecular flexibility index (Phi) is 4.03. The SMILES string of the molecule is Cc1ccccc1CN(C)CC1(CC(N)=S)CC1. The third kappa shape index (κ3) is 3.53. The Balaban J connectivity index is 1.91. The third-order valence-corrected chi connectivity index (χ3v) is 3.96. The summed E-state index contributed by atoms with van der Waals surface area (Å²) in [5.41, 5.74) is 8.83. The molecule has 98 valence electrons. The quantitative estimate of drug-likeness (QED) is 0.799. The average Bonchev–Trinajstić information content (AvgIpc) is 3.00. The number of hydrogen-bond donors (Lipinski definition) is 1. The monoisotopic (exact) mass is 262 g/mol. The molecule has 0 atom stereocenters. The van der Waals surface area contributed by atoms with E-state index in [-0.39, 0.29) is 0 Å². The van der Waals surface area contributed by atoms with E-state index in [0.29, 0.717) is 10.4 Å². The molecular formula is C15H22N2S. The first-order chi connectivity index (χ1) is 8.51. The van der Waals surface area contributed by atoms with Crippen molar-refractivity contribution in [3.05, 3.63) is 35.4 Å². The minimum Gasteiger partial charge on any atom is -0.393 e. The first-order valence-electron chi connectivity index (χ1n) is 6.52. The maximum atomic E-state index is 5.68. The first-order valence-corrected chi connectivity index (χ1v) is 6.93. The molecule has 1 aliphatic carbocycles. The van der Waals surface area contributed by atoms with E-state index in [0.717, 1.165) is 19.5 Å². The van der Waals surface area contributed by atoms with Crippen LogP contribution in [0.15, 0.2) is 24.3 Å². The molecule has 0 aliphatic heterocycles. The normalized spacial score (nSPS) is 16.8. The van der Waals surface area contributed by atoms with Crippen LogP contribution in [0.2, 0.25) is 0 Å². The summed E-state index contributed by atoms with van der Waals surface area (Å²) < 4.78 is 0. The van der Waals surface area contributed by atoms with Crippen molar-refractivity contribution in [2.45, 2.75) is 32.7 Å². The van der Waals surface area contributed by atoms with Crippen LogP contribution in [0.4, 0.5) is 0 Å². The molecule has 2 rings (SSSR count). The second kappa shape index (κ2) is 5.37. The average molecular weight is 262 g/mol. The van der Waals surface area contributed by atoms with Gasteiger partial charge in [0.1, 0.15) is 0 Å². The molecule has 1 aromatic rings. The number of aryl methyl sites for hydroxylation is 1. The van der Waals surface area contributed by atoms with Crippen LogP contribution >= 0.6 is 12.2 Å². The van der Waals surface area contributed by atoms with Crippen molar-refractivity contribution in [2.75, 3.05) is 13.6 Å². The zero-order valence-electron chi connectivity index (χ0n) is 11.3. The van der Waals surface area contributed by atoms with Gasteiger partial charge in [0, 0.05) is 19.5 Å². The van der Waals surface area contributed by atoms with Gasteiger partial charge in [-0.15, -0.1) is 0 Å². The Bertz CT molecular complexity index is 438. The second-order valence-electron chi connectivity index (χ2n) is 5.74. The molecule has 0 saturated heterocycles. The predicted octanol–water partition coefficient (Wildman–Crippen LogP) is 2.88. The van der Waals surface area contributed by atoms with Crippen molar-refractivity contribution in [1.82, 2.24) is 4.90 Å². The molecule has 2 nitrogen and oxygen atoms in total. The lowest BCUT2D eigenvalue weighted by molar-refractivity contribution is 0.259. The van der Waals surface area contributed by atoms with Crippen molar-refractivity contribution < 1.29 is 0 Å². The molecule has 0 aromatic heterocycles. The van der Waals surface area contributed by atoms with Crippen molar-refractivity contribution in [3.63, 3.8) is 0 Å². The van der Waals surface area contributed by atoms with Gasteiger partial charge in [-0.3, -0.25) is 0 Å². The van der Waals surface area contributed by atoms with Gasteiger partial charge in [0.25, 0.3) is 0 Å². The van der Waals surface area contributed by atoms with Crippen LogP contribution in [0.1, 0.15) is 30.4 Å². The summed E-state index contributed by atoms with van der Waals surface area (Å²) in [5, 5.41) is 0. The van der Waals surface area contributed by atoms with E-state index in [1.807, 2.05) is 0 Å². The van der Waals surface area contributed by atoms with Crippen molar-refractivity contribution in [2.24, 2.45) is 11.1 Å². The van der Waals surface area contributed by atoms with Gasteiger partial charge >= 0.3 is 0 Å². The summed E-state index contributed by atoms with van der Waals surface area (Å²) in [6.45, 7) is 4.27. The molecule has 1 saturated carbocycles. The van der Waals surface area contributed by atoms with Gasteiger partial charge in [-0.25, -0.2) is 0 Å². The minimum atomic E-state index is 0.378. The maximum Gasteiger partial charge on any atom is 0.0733 e. The van der Waals surface area contributed by atoms with Crippen LogP contribution < -0.4 is 5.73 Å². The highest BCUT2D eigenvalue weighted by Crippen LogP contribution is 2.49. The minimum absolute atomic E-state index is 0.378. The fourth-order valence-corrected chi connectivity index (χ4v) is 2.95. The fourth-order valence-electron chi connectivity index (χ4n) is 2.64. The fraction of sp³-hybridized carbons (Fsp3) is 0.533. The largest absolute Gasteiger partial charge is 0.393 e. The second-order valence-corrected chi connectivity index (χ2v) is 6.27. The smallest absolute Gasteiger partial charge is 0.0733 e. The van der Waals surface area contributed by atoms with Gasteiger partial charge in [0.05, 0.1) is 4.99 Å². The zero-order valence-corrected chi connectivity index (χ0v) is 12.1. The standard InChI is InChI=1S/C15H22N2S/c1-12-5-3-4-6-13(12)10-17(2)11-15(7-8-15)9-14(16)18/h3-6H,7-11H2,1-2H3,(H2,16,18). The maximum absolute atomic E-state index is 5.68. The molecule has 0 unspecified atom stereocenters. The van der Waals surface area contributed by atoms with Crippen LogP contribution in [0.25, 0.3) is 0 Å². The highest BCUT2D eigenvalue weighted by molar-refractivity contribution is 7.80. The summed E-state index contributed by atoms with van der Waals surface area (Å²) in [6.07, 6.45) is 3.44. The summed E-state index contributed by atoms with van der Waals surface area (Å²) in [5.74, 6) is 0. The Labute approximate surface area is 115 Å². The molecule has 0 bridgehead atoms. The van der Waals surface area contributed by atoms with E-state index >= 15 is 0 Å². The molecule has 1 fully saturated rings. The van der Waals surface area contributed by atoms with E-state index in [1.165, 1.54) is 24.0 Å². The molecule has 1 aromatic carbocycles. The van der Waals surface area contributed by atoms with Crippen molar-refractivity contribution in [1.29, 1.82) is 0 Å². The molecule has 0 heterocycles. The summed E-state index contributed by atoms with van der Waals surface area (Å²) >= 11 is 5.05. The highest BCUT2D eigenvalue weighted by atomic mass is 32.1. The molecule has 0 spiro atoms. The van der Waals surface area contributed by atoms with E-state index < -0.39 is 0 Å². The highest BCUT2D eigenvalue weighted by Gasteiger charge is 2.43. The van der Waals surface area contributed by atoms with Crippen LogP contribution in [0, 0.1) is 12.3 Å². The summed E-state index contributed by atoms with van der Waals surface area (Å²) in [7, 11) is 2.19. The lowest BCUT2D eigenvalue weighted by atomic mass is 10.0. The molecule has 18 heavy (non-hydrogen) atoms. The summed E-state index contributed by atoms with van der Waals surface area (Å²) in [6, 6.07) is 8.58. The molecule has 0 radical (unpaired) electrons. The number of rotatable bonds is 6. The van der Waals surface area contributed by atoms with Crippen LogP contribution in [-0.2, 0) is 6.54 Å². The van der Waals surface area contributed by atoms with Gasteiger partial charge < -0.3 is 10.6 Å². The zero-order chi connectivity index (χ0) is 13.2. The predicted molar refractivity (Wildman–Crippen MR) is 80.6 cm³/mol. The number of thiocarbonyl (C=S) groups is 1. The molecule has 0 amide bonds. The van der Waals surface area contributed by atoms with E-state index in [1.54, 1.807) is 0 Å². The molecular weight excluding hydrogens is 240 g/mol. The van der Waals surface area contributed by atoms with Crippen LogP contribution in [0.3, 0.4) is 0 Å². The topological polar surface area (TPSA) is 29.3 Å². The third-order valence-electron chi connectivity index (χ3n) is 3.81. The van der Waals surface area contributed by atoms with Crippen molar-refractivity contribution in [3.8, 4) is 0 Å². The lowest BCUT2D eigenvalue weighted by Crippen LogP contribution is -2.29. The van der Waals surface area contributed by atoms with E-state index in [2.05, 4.69) is 43.1 Å². The van der Waals surface area contributed by atoms with E-state index in [9.17, 15) is 0 Å². The van der Waals surface area contributed by atoms with Crippen molar-refractivity contribution >= 4 is 17.2 Å². The Morgan fingerprint density at radius 3 is 2.61 bits per heavy atom. The Morgan fingerprint density at radius 2 is 2.06 bits per heavy atom. The van der Waals surface area contributed by atoms with Crippen LogP contribution in [-0.4, -0.2) is 23.5 Å². The van der Waals surface area contributed by atoms with E-state index in [4.69, 9.17) is 18.0 Å². The van der Waals surface area contributed by atoms with Crippen LogP contribution in [0.5, 0.6) is 0 Å². The van der Waals surface area contributed by atoms with Gasteiger partial charge in [-0.2, -0.15) is 0 Å². The van der Waals surface area contributed by atoms with Gasteiger partial charge in [-0.1, -0.05) is 36.5 Å². The van der Waals surface area contributed by atoms with Gasteiger partial charge in [-0.05, 0) is 43.4 Å². The van der Waals surface area contributed by atoms with Gasteiger partial charge in [0.15, 0.2) is 0 Å². The Morgan fingerprint density at radius 1 is 1.39 bits per heavy atom.